The lowest BCUT2D eigenvalue weighted by molar-refractivity contribution is 0.402. The first-order valence-corrected chi connectivity index (χ1v) is 7.50. The zero-order valence-electron chi connectivity index (χ0n) is 11.1. The number of hydrogen-bond acceptors (Lipinski definition) is 0. The molecule has 2 unspecified atom stereocenters. The van der Waals surface area contributed by atoms with Crippen molar-refractivity contribution in [2.45, 2.75) is 63.2 Å². The summed E-state index contributed by atoms with van der Waals surface area (Å²) in [7, 11) is 0. The van der Waals surface area contributed by atoms with E-state index in [1.165, 1.54) is 37.7 Å². The minimum atomic E-state index is 0.435. The Bertz CT molecular complexity index is 280. The summed E-state index contributed by atoms with van der Waals surface area (Å²) in [6, 6.07) is 0. The van der Waals surface area contributed by atoms with Crippen LogP contribution < -0.4 is 0 Å². The third-order valence-corrected chi connectivity index (χ3v) is 4.92. The molecule has 0 aliphatic heterocycles. The zero-order valence-corrected chi connectivity index (χ0v) is 13.3. The van der Waals surface area contributed by atoms with Crippen molar-refractivity contribution >= 4 is 22.6 Å². The summed E-state index contributed by atoms with van der Waals surface area (Å²) in [5.41, 5.74) is 3.07. The van der Waals surface area contributed by atoms with E-state index >= 15 is 0 Å². The van der Waals surface area contributed by atoms with Gasteiger partial charge in [0.15, 0.2) is 0 Å². The Balaban J connectivity index is 2.58. The van der Waals surface area contributed by atoms with Crippen LogP contribution in [0, 0.1) is 5.92 Å². The van der Waals surface area contributed by atoms with Crippen LogP contribution in [0.3, 0.4) is 0 Å². The number of rotatable bonds is 4. The molecule has 16 heavy (non-hydrogen) atoms. The molecule has 0 saturated heterocycles. The second-order valence-corrected chi connectivity index (χ2v) is 7.99. The molecule has 0 amide bonds. The van der Waals surface area contributed by atoms with Crippen LogP contribution in [-0.2, 0) is 0 Å². The van der Waals surface area contributed by atoms with Crippen LogP contribution >= 0.6 is 22.6 Å². The fraction of sp³-hybridized carbons (Fsp3) is 0.733. The van der Waals surface area contributed by atoms with Crippen LogP contribution in [0.5, 0.6) is 0 Å². The fourth-order valence-electron chi connectivity index (χ4n) is 2.61. The second-order valence-electron chi connectivity index (χ2n) is 5.53. The topological polar surface area (TPSA) is 0 Å². The van der Waals surface area contributed by atoms with Crippen molar-refractivity contribution < 1.29 is 0 Å². The van der Waals surface area contributed by atoms with Crippen molar-refractivity contribution in [1.82, 2.24) is 0 Å². The maximum absolute atomic E-state index is 2.69. The normalized spacial score (nSPS) is 24.6. The molecule has 1 rings (SSSR count). The van der Waals surface area contributed by atoms with Crippen molar-refractivity contribution in [3.05, 3.63) is 23.3 Å². The predicted molar refractivity (Wildman–Crippen MR) is 82.2 cm³/mol. The van der Waals surface area contributed by atoms with E-state index in [4.69, 9.17) is 0 Å². The Morgan fingerprint density at radius 3 is 2.81 bits per heavy atom. The highest BCUT2D eigenvalue weighted by Gasteiger charge is 2.32. The van der Waals surface area contributed by atoms with Crippen LogP contribution in [0.2, 0.25) is 0 Å². The van der Waals surface area contributed by atoms with Crippen LogP contribution in [0.1, 0.15) is 59.8 Å². The Morgan fingerprint density at radius 2 is 2.25 bits per heavy atom. The van der Waals surface area contributed by atoms with Gasteiger partial charge >= 0.3 is 0 Å². The van der Waals surface area contributed by atoms with E-state index < -0.39 is 0 Å². The Hall–Kier alpha value is 0.210. The zero-order chi connectivity index (χ0) is 12.2. The molecule has 0 nitrogen and oxygen atoms in total. The molecule has 0 heterocycles. The van der Waals surface area contributed by atoms with E-state index in [1.807, 2.05) is 0 Å². The van der Waals surface area contributed by atoms with Gasteiger partial charge < -0.3 is 0 Å². The smallest absolute Gasteiger partial charge is 0.0262 e. The van der Waals surface area contributed by atoms with Crippen molar-refractivity contribution in [2.24, 2.45) is 5.92 Å². The van der Waals surface area contributed by atoms with Gasteiger partial charge in [-0.05, 0) is 65.7 Å². The van der Waals surface area contributed by atoms with Gasteiger partial charge in [0.2, 0.25) is 0 Å². The molecule has 2 atom stereocenters. The van der Waals surface area contributed by atoms with Crippen LogP contribution in [0.15, 0.2) is 23.3 Å². The number of halogens is 1. The van der Waals surface area contributed by atoms with Crippen LogP contribution in [-0.4, -0.2) is 3.42 Å². The first kappa shape index (κ1) is 14.3. The van der Waals surface area contributed by atoms with Crippen LogP contribution in [0.4, 0.5) is 0 Å². The average molecular weight is 332 g/mol. The van der Waals surface area contributed by atoms with Gasteiger partial charge in [-0.15, -0.1) is 0 Å². The molecule has 1 heteroatoms. The summed E-state index contributed by atoms with van der Waals surface area (Å²) in [4.78, 5) is 0. The lowest BCUT2D eigenvalue weighted by Gasteiger charge is -2.35. The summed E-state index contributed by atoms with van der Waals surface area (Å²) >= 11 is 2.69. The highest BCUT2D eigenvalue weighted by atomic mass is 127. The van der Waals surface area contributed by atoms with Gasteiger partial charge in [0.05, 0.1) is 0 Å². The molecule has 0 N–H and O–H groups in total. The first-order chi connectivity index (χ1) is 7.43. The standard InChI is InChI=1S/C15H25I/c1-12(2)8-7-11-15(4,16)14-10-6-5-9-13(14)3/h8-9,14H,5-7,10-11H2,1-4H3. The number of allylic oxidation sites excluding steroid dienone is 4. The lowest BCUT2D eigenvalue weighted by Crippen LogP contribution is -2.30. The largest absolute Gasteiger partial charge is 0.0858 e. The lowest BCUT2D eigenvalue weighted by atomic mass is 9.78. The van der Waals surface area contributed by atoms with Crippen molar-refractivity contribution in [3.63, 3.8) is 0 Å². The highest BCUT2D eigenvalue weighted by molar-refractivity contribution is 14.1. The van der Waals surface area contributed by atoms with Gasteiger partial charge in [0.25, 0.3) is 0 Å². The molecule has 0 saturated carbocycles. The monoisotopic (exact) mass is 332 g/mol. The first-order valence-electron chi connectivity index (χ1n) is 6.42. The molecular formula is C15H25I. The highest BCUT2D eigenvalue weighted by Crippen LogP contribution is 2.42. The molecule has 0 spiro atoms. The van der Waals surface area contributed by atoms with Gasteiger partial charge in [-0.2, -0.15) is 0 Å². The quantitative estimate of drug-likeness (QED) is 0.353. The minimum absolute atomic E-state index is 0.435. The number of alkyl halides is 1. The van der Waals surface area contributed by atoms with Gasteiger partial charge in [-0.25, -0.2) is 0 Å². The van der Waals surface area contributed by atoms with Crippen molar-refractivity contribution in [2.75, 3.05) is 0 Å². The molecule has 1 aliphatic carbocycles. The summed E-state index contributed by atoms with van der Waals surface area (Å²) in [6.07, 6.45) is 11.4. The molecule has 0 aromatic rings. The average Bonchev–Trinajstić information content (AvgIpc) is 2.17. The molecule has 92 valence electrons. The van der Waals surface area contributed by atoms with Crippen LogP contribution in [0.25, 0.3) is 0 Å². The molecule has 0 radical (unpaired) electrons. The fourth-order valence-corrected chi connectivity index (χ4v) is 3.73. The molecule has 0 aromatic carbocycles. The molecule has 0 bridgehead atoms. The van der Waals surface area contributed by atoms with Gasteiger partial charge in [-0.3, -0.25) is 0 Å². The second kappa shape index (κ2) is 6.23. The van der Waals surface area contributed by atoms with Gasteiger partial charge in [0, 0.05) is 3.42 Å². The third kappa shape index (κ3) is 4.23. The predicted octanol–water partition coefficient (Wildman–Crippen LogP) is 5.67. The summed E-state index contributed by atoms with van der Waals surface area (Å²) in [5, 5.41) is 0. The Labute approximate surface area is 115 Å². The molecule has 1 aliphatic rings. The van der Waals surface area contributed by atoms with E-state index in [1.54, 1.807) is 5.57 Å². The van der Waals surface area contributed by atoms with E-state index in [9.17, 15) is 0 Å². The summed E-state index contributed by atoms with van der Waals surface area (Å²) < 4.78 is 0.435. The van der Waals surface area contributed by atoms with Crippen molar-refractivity contribution in [3.8, 4) is 0 Å². The maximum Gasteiger partial charge on any atom is 0.0262 e. The number of hydrogen-bond donors (Lipinski definition) is 0. The maximum atomic E-state index is 2.69. The Kier molecular flexibility index (Phi) is 5.55. The van der Waals surface area contributed by atoms with E-state index in [2.05, 4.69) is 62.4 Å². The van der Waals surface area contributed by atoms with E-state index in [0.717, 1.165) is 5.92 Å². The Morgan fingerprint density at radius 1 is 1.56 bits per heavy atom. The third-order valence-electron chi connectivity index (χ3n) is 3.63. The van der Waals surface area contributed by atoms with Crippen molar-refractivity contribution in [1.29, 1.82) is 0 Å². The molecular weight excluding hydrogens is 307 g/mol. The van der Waals surface area contributed by atoms with E-state index in [-0.39, 0.29) is 0 Å². The minimum Gasteiger partial charge on any atom is -0.0858 e. The summed E-state index contributed by atoms with van der Waals surface area (Å²) in [6.45, 7) is 9.13. The van der Waals surface area contributed by atoms with E-state index in [0.29, 0.717) is 3.42 Å². The molecule has 0 fully saturated rings. The molecule has 0 aromatic heterocycles. The SMILES string of the molecule is CC(C)=CCCC(C)(I)C1CCCC=C1C. The van der Waals surface area contributed by atoms with Gasteiger partial charge in [-0.1, -0.05) is 45.9 Å². The van der Waals surface area contributed by atoms with Gasteiger partial charge in [0.1, 0.15) is 0 Å². The summed E-state index contributed by atoms with van der Waals surface area (Å²) in [5.74, 6) is 0.799.